The highest BCUT2D eigenvalue weighted by Gasteiger charge is 2.66. The second kappa shape index (κ2) is 15.3. The van der Waals surface area contributed by atoms with Gasteiger partial charge in [-0.05, 0) is 78.4 Å². The topological polar surface area (TPSA) is 120 Å². The summed E-state index contributed by atoms with van der Waals surface area (Å²) in [6.07, 6.45) is 1.75. The minimum absolute atomic E-state index is 0.0626. The average Bonchev–Trinajstić information content (AvgIpc) is 3.92. The van der Waals surface area contributed by atoms with Gasteiger partial charge < -0.3 is 35.0 Å². The van der Waals surface area contributed by atoms with E-state index in [-0.39, 0.29) is 54.3 Å². The van der Waals surface area contributed by atoms with Gasteiger partial charge in [-0.1, -0.05) is 91.9 Å². The van der Waals surface area contributed by atoms with E-state index in [0.717, 1.165) is 47.5 Å². The summed E-state index contributed by atoms with van der Waals surface area (Å²) in [5, 5.41) is 18.1. The molecule has 0 radical (unpaired) electrons. The molecule has 56 heavy (non-hydrogen) atoms. The van der Waals surface area contributed by atoms with E-state index in [1.807, 2.05) is 83.8 Å². The molecule has 292 valence electrons. The molecular formula is C45H52N4O6Si. The number of hydrogen-bond donors (Lipinski definition) is 3. The molecule has 11 heteroatoms. The first-order valence-electron chi connectivity index (χ1n) is 19.9. The molecule has 4 aromatic rings. The fraction of sp³-hybridized carbons (Fsp3) is 0.400. The number of amides is 3. The number of carbonyl (C=O) groups excluding carboxylic acids is 3. The monoisotopic (exact) mass is 772 g/mol. The Morgan fingerprint density at radius 1 is 1.00 bits per heavy atom. The van der Waals surface area contributed by atoms with Crippen LogP contribution in [0.15, 0.2) is 97.1 Å². The lowest BCUT2D eigenvalue weighted by atomic mass is 9.82. The molecule has 2 saturated heterocycles. The predicted molar refractivity (Wildman–Crippen MR) is 219 cm³/mol. The lowest BCUT2D eigenvalue weighted by Gasteiger charge is -2.39. The SMILES string of the molecule is COc1ccc([Si](C)(C)[C@@H]2[C@@H](CC(=O)N3Cc4ccccc4C[C@H]3CO)O[C@]3(C(=O)N(Cc4ccccc4)c4ccc(NC(=O)[C@H]5CCCN5)cc43)[C@H]2C)cc1. The molecule has 0 saturated carbocycles. The number of hydrogen-bond acceptors (Lipinski definition) is 7. The molecule has 1 spiro atoms. The number of fused-ring (bicyclic) bond motifs is 3. The molecular weight excluding hydrogens is 721 g/mol. The lowest BCUT2D eigenvalue weighted by molar-refractivity contribution is -0.151. The number of carbonyl (C=O) groups is 3. The summed E-state index contributed by atoms with van der Waals surface area (Å²) in [7, 11) is -0.903. The third kappa shape index (κ3) is 6.64. The maximum absolute atomic E-state index is 15.4. The predicted octanol–water partition coefficient (Wildman–Crippen LogP) is 5.48. The van der Waals surface area contributed by atoms with E-state index >= 15 is 4.79 Å². The Kier molecular flexibility index (Phi) is 10.4. The molecule has 4 aromatic carbocycles. The van der Waals surface area contributed by atoms with Gasteiger partial charge in [0.05, 0.1) is 58.6 Å². The minimum Gasteiger partial charge on any atom is -0.497 e. The molecule has 8 rings (SSSR count). The Bertz CT molecular complexity index is 2110. The van der Waals surface area contributed by atoms with Crippen LogP contribution in [-0.2, 0) is 44.2 Å². The molecule has 4 heterocycles. The Morgan fingerprint density at radius 2 is 1.73 bits per heavy atom. The van der Waals surface area contributed by atoms with Crippen molar-refractivity contribution >= 4 is 42.4 Å². The number of anilines is 2. The highest BCUT2D eigenvalue weighted by molar-refractivity contribution is 6.91. The largest absolute Gasteiger partial charge is 0.497 e. The number of benzene rings is 4. The van der Waals surface area contributed by atoms with Gasteiger partial charge >= 0.3 is 0 Å². The van der Waals surface area contributed by atoms with Gasteiger partial charge in [-0.2, -0.15) is 0 Å². The lowest BCUT2D eigenvalue weighted by Crippen LogP contribution is -2.52. The van der Waals surface area contributed by atoms with E-state index in [9.17, 15) is 14.7 Å². The summed E-state index contributed by atoms with van der Waals surface area (Å²) in [5.41, 5.74) is 3.68. The highest BCUT2D eigenvalue weighted by Crippen LogP contribution is 2.60. The van der Waals surface area contributed by atoms with Crippen LogP contribution in [0.5, 0.6) is 5.75 Å². The fourth-order valence-corrected chi connectivity index (χ4v) is 14.0. The van der Waals surface area contributed by atoms with Gasteiger partial charge in [0.15, 0.2) is 5.60 Å². The van der Waals surface area contributed by atoms with Gasteiger partial charge in [0.1, 0.15) is 5.75 Å². The van der Waals surface area contributed by atoms with Gasteiger partial charge in [0, 0.05) is 23.7 Å². The van der Waals surface area contributed by atoms with Crippen molar-refractivity contribution in [3.63, 3.8) is 0 Å². The van der Waals surface area contributed by atoms with E-state index in [1.165, 1.54) is 5.19 Å². The van der Waals surface area contributed by atoms with E-state index in [1.54, 1.807) is 12.0 Å². The summed E-state index contributed by atoms with van der Waals surface area (Å²) in [6.45, 7) is 8.13. The van der Waals surface area contributed by atoms with Crippen LogP contribution in [0.4, 0.5) is 11.4 Å². The number of methoxy groups -OCH3 is 1. The maximum atomic E-state index is 15.4. The van der Waals surface area contributed by atoms with Crippen molar-refractivity contribution in [3.05, 3.63) is 119 Å². The molecule has 4 aliphatic heterocycles. The maximum Gasteiger partial charge on any atom is 0.264 e. The summed E-state index contributed by atoms with van der Waals surface area (Å²) in [6, 6.07) is 31.3. The number of aliphatic hydroxyl groups excluding tert-OH is 1. The van der Waals surface area contributed by atoms with Crippen molar-refractivity contribution < 1.29 is 29.0 Å². The first-order valence-corrected chi connectivity index (χ1v) is 23.0. The highest BCUT2D eigenvalue weighted by atomic mass is 28.3. The molecule has 2 fully saturated rings. The zero-order chi connectivity index (χ0) is 39.2. The van der Waals surface area contributed by atoms with Crippen LogP contribution in [0.3, 0.4) is 0 Å². The van der Waals surface area contributed by atoms with E-state index < -0.39 is 19.8 Å². The number of rotatable bonds is 10. The van der Waals surface area contributed by atoms with Crippen LogP contribution in [0.1, 0.15) is 48.4 Å². The van der Waals surface area contributed by atoms with Crippen LogP contribution in [0.2, 0.25) is 18.6 Å². The Balaban J connectivity index is 1.21. The van der Waals surface area contributed by atoms with Gasteiger partial charge in [-0.15, -0.1) is 0 Å². The van der Waals surface area contributed by atoms with Crippen molar-refractivity contribution in [2.24, 2.45) is 5.92 Å². The summed E-state index contributed by atoms with van der Waals surface area (Å²) in [4.78, 5) is 47.0. The molecule has 10 nitrogen and oxygen atoms in total. The van der Waals surface area contributed by atoms with Crippen LogP contribution < -0.4 is 25.5 Å². The van der Waals surface area contributed by atoms with Crippen LogP contribution in [-0.4, -0.2) is 74.3 Å². The molecule has 0 unspecified atom stereocenters. The summed E-state index contributed by atoms with van der Waals surface area (Å²) < 4.78 is 12.8. The Labute approximate surface area is 330 Å². The van der Waals surface area contributed by atoms with Crippen molar-refractivity contribution in [2.45, 2.75) is 88.1 Å². The number of aliphatic hydroxyl groups is 1. The quantitative estimate of drug-likeness (QED) is 0.183. The van der Waals surface area contributed by atoms with E-state index in [4.69, 9.17) is 9.47 Å². The average molecular weight is 773 g/mol. The van der Waals surface area contributed by atoms with Crippen LogP contribution in [0.25, 0.3) is 0 Å². The third-order valence-electron chi connectivity index (χ3n) is 12.9. The number of ether oxygens (including phenoxy) is 2. The first-order chi connectivity index (χ1) is 27.0. The molecule has 3 amide bonds. The molecule has 0 aliphatic carbocycles. The zero-order valence-corrected chi connectivity index (χ0v) is 33.7. The van der Waals surface area contributed by atoms with Crippen molar-refractivity contribution in [2.75, 3.05) is 30.5 Å². The van der Waals surface area contributed by atoms with Gasteiger partial charge in [0.2, 0.25) is 11.8 Å². The normalized spacial score (nSPS) is 25.7. The van der Waals surface area contributed by atoms with Gasteiger partial charge in [-0.25, -0.2) is 0 Å². The van der Waals surface area contributed by atoms with E-state index in [0.29, 0.717) is 30.8 Å². The van der Waals surface area contributed by atoms with Crippen LogP contribution >= 0.6 is 0 Å². The fourth-order valence-electron chi connectivity index (χ4n) is 9.98. The van der Waals surface area contributed by atoms with Crippen LogP contribution in [0, 0.1) is 5.92 Å². The van der Waals surface area contributed by atoms with Gasteiger partial charge in [0.25, 0.3) is 5.91 Å². The van der Waals surface area contributed by atoms with Crippen molar-refractivity contribution in [1.82, 2.24) is 10.2 Å². The minimum atomic E-state index is -2.56. The molecule has 0 bridgehead atoms. The van der Waals surface area contributed by atoms with Crippen molar-refractivity contribution in [3.8, 4) is 5.75 Å². The zero-order valence-electron chi connectivity index (χ0n) is 32.7. The second-order valence-electron chi connectivity index (χ2n) is 16.4. The molecule has 3 N–H and O–H groups in total. The summed E-state index contributed by atoms with van der Waals surface area (Å²) in [5.74, 6) is 0.0582. The standard InChI is InChI=1S/C45H52N4O6Si/c1-29-42(56(3,4)36-19-17-35(54-2)18-20-36)40(25-41(51)48-27-32-14-9-8-13-31(32)23-34(48)28-50)55-45(29)37-24-33(47-43(52)38-15-10-22-46-38)16-21-39(37)49(44(45)53)26-30-11-6-5-7-12-30/h5-9,11-14,16-21,24,29,34,38,40,42,46,50H,10,15,22-23,25-28H2,1-4H3,(H,47,52)/t29-,34-,38+,40+,42-,45+/m0/s1. The number of nitrogens with one attached hydrogen (secondary N) is 2. The first kappa shape index (κ1) is 38.1. The number of nitrogens with zero attached hydrogens (tertiary/aromatic N) is 2. The van der Waals surface area contributed by atoms with E-state index in [2.05, 4.69) is 48.9 Å². The Morgan fingerprint density at radius 3 is 2.43 bits per heavy atom. The smallest absolute Gasteiger partial charge is 0.264 e. The van der Waals surface area contributed by atoms with Gasteiger partial charge in [-0.3, -0.25) is 14.4 Å². The molecule has 0 aromatic heterocycles. The second-order valence-corrected chi connectivity index (χ2v) is 21.1. The molecule has 4 aliphatic rings. The van der Waals surface area contributed by atoms with Crippen molar-refractivity contribution in [1.29, 1.82) is 0 Å². The molecule has 6 atom stereocenters. The Hall–Kier alpha value is -4.81. The summed E-state index contributed by atoms with van der Waals surface area (Å²) >= 11 is 0. The third-order valence-corrected chi connectivity index (χ3v) is 17.3.